The molecule has 1 atom stereocenters. The van der Waals surface area contributed by atoms with Gasteiger partial charge in [-0.05, 0) is 26.0 Å². The van der Waals surface area contributed by atoms with Gasteiger partial charge in [0.2, 0.25) is 0 Å². The van der Waals surface area contributed by atoms with Gasteiger partial charge in [-0.2, -0.15) is 5.10 Å². The number of carbonyl (C=O) groups is 2. The first-order chi connectivity index (χ1) is 12.2. The number of ether oxygens (including phenoxy) is 1. The van der Waals surface area contributed by atoms with Gasteiger partial charge < -0.3 is 9.30 Å². The third kappa shape index (κ3) is 3.11. The Labute approximate surface area is 153 Å². The Kier molecular flexibility index (Phi) is 4.61. The Morgan fingerprint density at radius 1 is 1.31 bits per heavy atom. The number of hydrogen-bond acceptors (Lipinski definition) is 4. The maximum absolute atomic E-state index is 13.2. The highest BCUT2D eigenvalue weighted by Crippen LogP contribution is 2.28. The summed E-state index contributed by atoms with van der Waals surface area (Å²) in [5, 5.41) is 6.87. The molecular formula is C20H25N3O3. The van der Waals surface area contributed by atoms with Gasteiger partial charge in [-0.25, -0.2) is 9.80 Å². The Balaban J connectivity index is 2.16. The van der Waals surface area contributed by atoms with Gasteiger partial charge in [0.1, 0.15) is 5.69 Å². The summed E-state index contributed by atoms with van der Waals surface area (Å²) in [5.74, 6) is -0.747. The van der Waals surface area contributed by atoms with Crippen molar-refractivity contribution in [3.05, 3.63) is 36.0 Å². The predicted octanol–water partition coefficient (Wildman–Crippen LogP) is 3.45. The van der Waals surface area contributed by atoms with Gasteiger partial charge in [0, 0.05) is 16.3 Å². The van der Waals surface area contributed by atoms with E-state index < -0.39 is 12.0 Å². The molecule has 26 heavy (non-hydrogen) atoms. The number of hydrazone groups is 1. The molecule has 2 aromatic rings. The average Bonchev–Trinajstić information content (AvgIpc) is 2.88. The van der Waals surface area contributed by atoms with E-state index in [1.165, 1.54) is 5.01 Å². The van der Waals surface area contributed by atoms with E-state index in [0.717, 1.165) is 16.6 Å². The zero-order valence-corrected chi connectivity index (χ0v) is 15.9. The summed E-state index contributed by atoms with van der Waals surface area (Å²) in [5.41, 5.74) is 2.10. The molecule has 0 aliphatic carbocycles. The molecule has 0 spiro atoms. The third-order valence-electron chi connectivity index (χ3n) is 4.63. The molecule has 1 aromatic heterocycles. The lowest BCUT2D eigenvalue weighted by Gasteiger charge is -2.25. The minimum absolute atomic E-state index is 0.250. The fourth-order valence-corrected chi connectivity index (χ4v) is 3.04. The van der Waals surface area contributed by atoms with Crippen molar-refractivity contribution in [2.24, 2.45) is 10.5 Å². The second-order valence-electron chi connectivity index (χ2n) is 7.55. The molecule has 6 heteroatoms. The van der Waals surface area contributed by atoms with E-state index in [1.807, 2.05) is 34.9 Å². The maximum Gasteiger partial charge on any atom is 0.330 e. The zero-order chi connectivity index (χ0) is 19.1. The number of benzene rings is 1. The van der Waals surface area contributed by atoms with Gasteiger partial charge in [0.15, 0.2) is 6.04 Å². The number of fused-ring (bicyclic) bond motifs is 3. The molecule has 0 radical (unpaired) electrons. The molecule has 0 fully saturated rings. The molecule has 0 saturated carbocycles. The highest BCUT2D eigenvalue weighted by molar-refractivity contribution is 6.04. The van der Waals surface area contributed by atoms with Crippen LogP contribution in [-0.4, -0.2) is 39.8 Å². The summed E-state index contributed by atoms with van der Waals surface area (Å²) < 4.78 is 7.09. The molecule has 0 N–H and O–H groups in total. The SMILES string of the molecule is CCOC(=O)[C@@H](C)N1N=C(C(C)(C)C)Cn2c(cc3ccccc32)C1=O. The second kappa shape index (κ2) is 6.59. The minimum atomic E-state index is -0.788. The number of amides is 1. The molecule has 1 amide bonds. The van der Waals surface area contributed by atoms with Crippen molar-refractivity contribution in [2.75, 3.05) is 6.61 Å². The van der Waals surface area contributed by atoms with Crippen molar-refractivity contribution in [1.29, 1.82) is 0 Å². The van der Waals surface area contributed by atoms with E-state index in [2.05, 4.69) is 25.9 Å². The molecule has 138 valence electrons. The predicted molar refractivity (Wildman–Crippen MR) is 101 cm³/mol. The number of para-hydroxylation sites is 1. The van der Waals surface area contributed by atoms with Crippen LogP contribution in [0.1, 0.15) is 45.1 Å². The normalized spacial score (nSPS) is 16.1. The van der Waals surface area contributed by atoms with Crippen molar-refractivity contribution in [3.8, 4) is 0 Å². The number of aromatic nitrogens is 1. The van der Waals surface area contributed by atoms with Crippen LogP contribution in [0.4, 0.5) is 0 Å². The van der Waals surface area contributed by atoms with Gasteiger partial charge in [-0.15, -0.1) is 0 Å². The fraction of sp³-hybridized carbons (Fsp3) is 0.450. The third-order valence-corrected chi connectivity index (χ3v) is 4.63. The Bertz CT molecular complexity index is 889. The van der Waals surface area contributed by atoms with Crippen molar-refractivity contribution >= 4 is 28.5 Å². The molecule has 3 rings (SSSR count). The summed E-state index contributed by atoms with van der Waals surface area (Å²) in [7, 11) is 0. The van der Waals surface area contributed by atoms with Crippen molar-refractivity contribution in [3.63, 3.8) is 0 Å². The largest absolute Gasteiger partial charge is 0.464 e. The Morgan fingerprint density at radius 3 is 2.65 bits per heavy atom. The van der Waals surface area contributed by atoms with Gasteiger partial charge in [-0.1, -0.05) is 39.0 Å². The summed E-state index contributed by atoms with van der Waals surface area (Å²) >= 11 is 0. The van der Waals surface area contributed by atoms with Gasteiger partial charge in [0.05, 0.1) is 18.9 Å². The topological polar surface area (TPSA) is 63.9 Å². The minimum Gasteiger partial charge on any atom is -0.464 e. The van der Waals surface area contributed by atoms with E-state index in [4.69, 9.17) is 4.74 Å². The average molecular weight is 355 g/mol. The van der Waals surface area contributed by atoms with Crippen LogP contribution in [0.25, 0.3) is 10.9 Å². The van der Waals surface area contributed by atoms with Crippen molar-refractivity contribution in [1.82, 2.24) is 9.58 Å². The van der Waals surface area contributed by atoms with Crippen LogP contribution >= 0.6 is 0 Å². The quantitative estimate of drug-likeness (QED) is 0.792. The van der Waals surface area contributed by atoms with Gasteiger partial charge >= 0.3 is 5.97 Å². The summed E-state index contributed by atoms with van der Waals surface area (Å²) in [4.78, 5) is 25.5. The first-order valence-corrected chi connectivity index (χ1v) is 8.90. The number of nitrogens with zero attached hydrogens (tertiary/aromatic N) is 3. The number of esters is 1. The van der Waals surface area contributed by atoms with Crippen LogP contribution in [0.5, 0.6) is 0 Å². The first-order valence-electron chi connectivity index (χ1n) is 8.90. The molecule has 1 aromatic carbocycles. The number of hydrogen-bond donors (Lipinski definition) is 0. The smallest absolute Gasteiger partial charge is 0.330 e. The monoisotopic (exact) mass is 355 g/mol. The van der Waals surface area contributed by atoms with Gasteiger partial charge in [0.25, 0.3) is 5.91 Å². The van der Waals surface area contributed by atoms with Gasteiger partial charge in [-0.3, -0.25) is 4.79 Å². The number of carbonyl (C=O) groups excluding carboxylic acids is 2. The summed E-state index contributed by atoms with van der Waals surface area (Å²) in [6.45, 7) is 10.3. The maximum atomic E-state index is 13.2. The molecular weight excluding hydrogens is 330 g/mol. The van der Waals surface area contributed by atoms with Crippen LogP contribution in [-0.2, 0) is 16.1 Å². The van der Waals surface area contributed by atoms with Crippen LogP contribution in [0.2, 0.25) is 0 Å². The molecule has 0 saturated heterocycles. The first kappa shape index (κ1) is 18.2. The van der Waals surface area contributed by atoms with Crippen molar-refractivity contribution in [2.45, 2.75) is 47.2 Å². The van der Waals surface area contributed by atoms with E-state index in [-0.39, 0.29) is 17.9 Å². The highest BCUT2D eigenvalue weighted by atomic mass is 16.5. The van der Waals surface area contributed by atoms with Crippen molar-refractivity contribution < 1.29 is 14.3 Å². The molecule has 0 unspecified atom stereocenters. The van der Waals surface area contributed by atoms with Crippen LogP contribution < -0.4 is 0 Å². The molecule has 0 bridgehead atoms. The molecule has 1 aliphatic rings. The lowest BCUT2D eigenvalue weighted by atomic mass is 9.90. The highest BCUT2D eigenvalue weighted by Gasteiger charge is 2.35. The van der Waals surface area contributed by atoms with Crippen LogP contribution in [0.15, 0.2) is 35.4 Å². The van der Waals surface area contributed by atoms with E-state index in [1.54, 1.807) is 13.8 Å². The lowest BCUT2D eigenvalue weighted by molar-refractivity contribution is -0.147. The zero-order valence-electron chi connectivity index (χ0n) is 15.9. The van der Waals surface area contributed by atoms with Crippen LogP contribution in [0, 0.1) is 5.41 Å². The van der Waals surface area contributed by atoms with E-state index in [9.17, 15) is 9.59 Å². The standard InChI is InChI=1S/C20H25N3O3/c1-6-26-19(25)13(2)23-18(24)16-11-14-9-7-8-10-15(14)22(16)12-17(21-23)20(3,4)5/h7-11,13H,6,12H2,1-5H3/t13-/m1/s1. The molecule has 1 aliphatic heterocycles. The Hall–Kier alpha value is -2.63. The molecule has 6 nitrogen and oxygen atoms in total. The summed E-state index contributed by atoms with van der Waals surface area (Å²) in [6.07, 6.45) is 0. The van der Waals surface area contributed by atoms with E-state index >= 15 is 0 Å². The molecule has 2 heterocycles. The van der Waals surface area contributed by atoms with Crippen LogP contribution in [0.3, 0.4) is 0 Å². The number of rotatable bonds is 3. The lowest BCUT2D eigenvalue weighted by Crippen LogP contribution is -2.41. The fourth-order valence-electron chi connectivity index (χ4n) is 3.04. The Morgan fingerprint density at radius 2 is 2.00 bits per heavy atom. The van der Waals surface area contributed by atoms with E-state index in [0.29, 0.717) is 12.2 Å². The summed E-state index contributed by atoms with van der Waals surface area (Å²) in [6, 6.07) is 8.96. The second-order valence-corrected chi connectivity index (χ2v) is 7.55.